The van der Waals surface area contributed by atoms with Crippen molar-refractivity contribution in [1.29, 1.82) is 0 Å². The minimum atomic E-state index is -0.270. The number of ether oxygens (including phenoxy) is 2. The zero-order chi connectivity index (χ0) is 14.0. The van der Waals surface area contributed by atoms with Crippen molar-refractivity contribution >= 4 is 5.78 Å². The molecule has 1 aliphatic carbocycles. The number of carbonyl (C=O) groups excluding carboxylic acids is 1. The summed E-state index contributed by atoms with van der Waals surface area (Å²) in [6, 6.07) is 0.128. The van der Waals surface area contributed by atoms with Crippen LogP contribution in [0.3, 0.4) is 0 Å². The Morgan fingerprint density at radius 2 is 2.16 bits per heavy atom. The highest BCUT2D eigenvalue weighted by atomic mass is 16.5. The molecule has 1 saturated carbocycles. The van der Waals surface area contributed by atoms with E-state index in [1.54, 1.807) is 25.1 Å². The summed E-state index contributed by atoms with van der Waals surface area (Å²) in [5.41, 5.74) is 0.287. The van der Waals surface area contributed by atoms with Crippen LogP contribution in [0.25, 0.3) is 0 Å². The first-order valence-corrected chi connectivity index (χ1v) is 6.73. The first kappa shape index (κ1) is 14.1. The van der Waals surface area contributed by atoms with Crippen molar-refractivity contribution in [2.75, 3.05) is 14.2 Å². The van der Waals surface area contributed by atoms with Crippen molar-refractivity contribution in [2.24, 2.45) is 0 Å². The van der Waals surface area contributed by atoms with Gasteiger partial charge in [-0.1, -0.05) is 0 Å². The number of Topliss-reactive ketones (excluding diaryl/α,β-unsaturated/α-hetero) is 1. The summed E-state index contributed by atoms with van der Waals surface area (Å²) in [4.78, 5) is 12.6. The van der Waals surface area contributed by atoms with Gasteiger partial charge in [0, 0.05) is 19.6 Å². The Hall–Kier alpha value is -1.36. The molecule has 0 spiro atoms. The van der Waals surface area contributed by atoms with Gasteiger partial charge in [0.15, 0.2) is 11.5 Å². The highest BCUT2D eigenvalue weighted by Gasteiger charge is 2.40. The van der Waals surface area contributed by atoms with Crippen LogP contribution in [0, 0.1) is 0 Å². The molecule has 1 aliphatic rings. The molecule has 1 aromatic heterocycles. The molecule has 0 amide bonds. The molecule has 1 aromatic rings. The van der Waals surface area contributed by atoms with Gasteiger partial charge in [-0.25, -0.2) is 0 Å². The fourth-order valence-electron chi connectivity index (χ4n) is 2.55. The minimum Gasteiger partial charge on any atom is -0.493 e. The fraction of sp³-hybridized carbons (Fsp3) is 0.714. The highest BCUT2D eigenvalue weighted by molar-refractivity contribution is 5.97. The van der Waals surface area contributed by atoms with Crippen LogP contribution in [-0.4, -0.2) is 35.4 Å². The Morgan fingerprint density at radius 3 is 2.58 bits per heavy atom. The number of rotatable bonds is 6. The van der Waals surface area contributed by atoms with Gasteiger partial charge in [-0.15, -0.1) is 0 Å². The molecule has 0 aromatic carbocycles. The summed E-state index contributed by atoms with van der Waals surface area (Å²) >= 11 is 0. The smallest absolute Gasteiger partial charge is 0.187 e. The van der Waals surface area contributed by atoms with Gasteiger partial charge in [0.05, 0.1) is 18.9 Å². The third-order valence-electron chi connectivity index (χ3n) is 3.92. The zero-order valence-electron chi connectivity index (χ0n) is 12.1. The Labute approximate surface area is 113 Å². The summed E-state index contributed by atoms with van der Waals surface area (Å²) in [6.45, 7) is 4.00. The largest absolute Gasteiger partial charge is 0.493 e. The lowest BCUT2D eigenvalue weighted by molar-refractivity contribution is -0.0706. The van der Waals surface area contributed by atoms with Crippen molar-refractivity contribution in [3.8, 4) is 5.75 Å². The van der Waals surface area contributed by atoms with Gasteiger partial charge in [0.1, 0.15) is 5.69 Å². The van der Waals surface area contributed by atoms with E-state index in [2.05, 4.69) is 5.10 Å². The molecule has 0 unspecified atom stereocenters. The van der Waals surface area contributed by atoms with Crippen LogP contribution < -0.4 is 4.74 Å². The molecule has 0 saturated heterocycles. The molecule has 19 heavy (non-hydrogen) atoms. The SMILES string of the molecule is COc1cnn(C(C)C)c1C(=O)CC1(OC)CCC1. The van der Waals surface area contributed by atoms with Gasteiger partial charge in [0.2, 0.25) is 0 Å². The lowest BCUT2D eigenvalue weighted by Crippen LogP contribution is -2.41. The van der Waals surface area contributed by atoms with E-state index in [-0.39, 0.29) is 17.4 Å². The predicted octanol–water partition coefficient (Wildman–Crippen LogP) is 2.61. The third-order valence-corrected chi connectivity index (χ3v) is 3.92. The van der Waals surface area contributed by atoms with E-state index in [0.717, 1.165) is 19.3 Å². The van der Waals surface area contributed by atoms with Gasteiger partial charge in [0.25, 0.3) is 0 Å². The summed E-state index contributed by atoms with van der Waals surface area (Å²) < 4.78 is 12.5. The zero-order valence-corrected chi connectivity index (χ0v) is 12.1. The van der Waals surface area contributed by atoms with Crippen LogP contribution in [0.15, 0.2) is 6.20 Å². The number of ketones is 1. The Kier molecular flexibility index (Phi) is 3.94. The van der Waals surface area contributed by atoms with E-state index < -0.39 is 0 Å². The van der Waals surface area contributed by atoms with E-state index in [1.807, 2.05) is 13.8 Å². The molecule has 0 bridgehead atoms. The van der Waals surface area contributed by atoms with Crippen LogP contribution >= 0.6 is 0 Å². The molecule has 0 atom stereocenters. The van der Waals surface area contributed by atoms with E-state index in [1.165, 1.54) is 0 Å². The summed E-state index contributed by atoms with van der Waals surface area (Å²) in [5.74, 6) is 0.592. The number of aromatic nitrogens is 2. The van der Waals surface area contributed by atoms with E-state index >= 15 is 0 Å². The molecule has 1 fully saturated rings. The molecule has 2 rings (SSSR count). The van der Waals surface area contributed by atoms with Crippen molar-refractivity contribution in [2.45, 2.75) is 51.2 Å². The Morgan fingerprint density at radius 1 is 1.47 bits per heavy atom. The molecule has 106 valence electrons. The minimum absolute atomic E-state index is 0.0459. The number of hydrogen-bond acceptors (Lipinski definition) is 4. The van der Waals surface area contributed by atoms with Gasteiger partial charge in [-0.05, 0) is 33.1 Å². The quantitative estimate of drug-likeness (QED) is 0.743. The molecule has 0 aliphatic heterocycles. The molecule has 0 radical (unpaired) electrons. The van der Waals surface area contributed by atoms with Gasteiger partial charge < -0.3 is 9.47 Å². The molecule has 5 heteroatoms. The second-order valence-electron chi connectivity index (χ2n) is 5.44. The Balaban J connectivity index is 2.25. The second-order valence-corrected chi connectivity index (χ2v) is 5.44. The van der Waals surface area contributed by atoms with Crippen molar-refractivity contribution in [1.82, 2.24) is 9.78 Å². The highest BCUT2D eigenvalue weighted by Crippen LogP contribution is 2.39. The van der Waals surface area contributed by atoms with E-state index in [0.29, 0.717) is 17.9 Å². The van der Waals surface area contributed by atoms with Crippen LogP contribution in [0.1, 0.15) is 56.1 Å². The average molecular weight is 266 g/mol. The summed E-state index contributed by atoms with van der Waals surface area (Å²) in [7, 11) is 3.25. The monoisotopic (exact) mass is 266 g/mol. The van der Waals surface area contributed by atoms with Gasteiger partial charge in [-0.3, -0.25) is 9.48 Å². The van der Waals surface area contributed by atoms with Gasteiger partial charge >= 0.3 is 0 Å². The third kappa shape index (κ3) is 2.52. The Bertz CT molecular complexity index is 456. The maximum Gasteiger partial charge on any atom is 0.187 e. The standard InChI is InChI=1S/C14H22N2O3/c1-10(2)16-13(12(18-3)9-15-16)11(17)8-14(19-4)6-5-7-14/h9-10H,5-8H2,1-4H3. The predicted molar refractivity (Wildman–Crippen MR) is 71.7 cm³/mol. The van der Waals surface area contributed by atoms with E-state index in [9.17, 15) is 4.79 Å². The number of nitrogens with zero attached hydrogens (tertiary/aromatic N) is 2. The lowest BCUT2D eigenvalue weighted by Gasteiger charge is -2.40. The number of carbonyl (C=O) groups is 1. The molecular weight excluding hydrogens is 244 g/mol. The average Bonchev–Trinajstić information content (AvgIpc) is 2.77. The van der Waals surface area contributed by atoms with Gasteiger partial charge in [-0.2, -0.15) is 5.10 Å². The normalized spacial score (nSPS) is 17.3. The molecule has 0 N–H and O–H groups in total. The molecule has 1 heterocycles. The molecule has 5 nitrogen and oxygen atoms in total. The van der Waals surface area contributed by atoms with Crippen molar-refractivity contribution in [3.05, 3.63) is 11.9 Å². The first-order chi connectivity index (χ1) is 9.03. The summed E-state index contributed by atoms with van der Waals surface area (Å²) in [6.07, 6.45) is 5.04. The topological polar surface area (TPSA) is 53.4 Å². The van der Waals surface area contributed by atoms with Crippen molar-refractivity contribution < 1.29 is 14.3 Å². The fourth-order valence-corrected chi connectivity index (χ4v) is 2.55. The van der Waals surface area contributed by atoms with Crippen LogP contribution in [0.2, 0.25) is 0 Å². The van der Waals surface area contributed by atoms with Crippen molar-refractivity contribution in [3.63, 3.8) is 0 Å². The maximum atomic E-state index is 12.6. The van der Waals surface area contributed by atoms with Crippen LogP contribution in [0.4, 0.5) is 0 Å². The van der Waals surface area contributed by atoms with Crippen LogP contribution in [0.5, 0.6) is 5.75 Å². The maximum absolute atomic E-state index is 12.6. The second kappa shape index (κ2) is 5.33. The van der Waals surface area contributed by atoms with E-state index in [4.69, 9.17) is 9.47 Å². The van der Waals surface area contributed by atoms with Crippen LogP contribution in [-0.2, 0) is 4.74 Å². The molecular formula is C14H22N2O3. The number of methoxy groups -OCH3 is 2. The first-order valence-electron chi connectivity index (χ1n) is 6.73. The summed E-state index contributed by atoms with van der Waals surface area (Å²) in [5, 5.41) is 4.24. The number of hydrogen-bond donors (Lipinski definition) is 0. The lowest BCUT2D eigenvalue weighted by atomic mass is 9.76.